The van der Waals surface area contributed by atoms with Crippen LogP contribution in [0.5, 0.6) is 0 Å². The molecule has 2 aromatic heterocycles. The summed E-state index contributed by atoms with van der Waals surface area (Å²) < 4.78 is 1.04. The molecule has 0 atom stereocenters. The Hall–Kier alpha value is -2.51. The summed E-state index contributed by atoms with van der Waals surface area (Å²) >= 11 is 1.61. The first-order chi connectivity index (χ1) is 9.70. The number of fused-ring (bicyclic) bond motifs is 1. The molecular formula is C16H12N3S. The molecule has 20 heavy (non-hydrogen) atoms. The van der Waals surface area contributed by atoms with Crippen molar-refractivity contribution in [2.75, 3.05) is 11.5 Å². The van der Waals surface area contributed by atoms with Crippen LogP contribution in [0.15, 0.2) is 35.8 Å². The Morgan fingerprint density at radius 2 is 1.90 bits per heavy atom. The molecule has 4 heteroatoms. The van der Waals surface area contributed by atoms with Crippen LogP contribution in [-0.4, -0.2) is 4.98 Å². The van der Waals surface area contributed by atoms with Gasteiger partial charge in [-0.15, -0.1) is 11.3 Å². The molecule has 0 bridgehead atoms. The van der Waals surface area contributed by atoms with E-state index in [1.165, 1.54) is 0 Å². The summed E-state index contributed by atoms with van der Waals surface area (Å²) in [5.74, 6) is 6.14. The van der Waals surface area contributed by atoms with Gasteiger partial charge in [-0.3, -0.25) is 0 Å². The van der Waals surface area contributed by atoms with Gasteiger partial charge in [0.1, 0.15) is 5.82 Å². The van der Waals surface area contributed by atoms with E-state index < -0.39 is 0 Å². The van der Waals surface area contributed by atoms with Crippen LogP contribution in [0.25, 0.3) is 21.2 Å². The van der Waals surface area contributed by atoms with Crippen molar-refractivity contribution in [1.82, 2.24) is 4.98 Å². The highest BCUT2D eigenvalue weighted by molar-refractivity contribution is 7.18. The number of thiophene rings is 1. The number of nitrogen functional groups attached to an aromatic ring is 2. The van der Waals surface area contributed by atoms with Crippen molar-refractivity contribution in [2.45, 2.75) is 0 Å². The van der Waals surface area contributed by atoms with Gasteiger partial charge in [-0.05, 0) is 23.1 Å². The lowest BCUT2D eigenvalue weighted by atomic mass is 10.0. The van der Waals surface area contributed by atoms with Crippen LogP contribution in [0, 0.1) is 18.8 Å². The lowest BCUT2D eigenvalue weighted by molar-refractivity contribution is 1.36. The molecule has 1 radical (unpaired) electrons. The Bertz CT molecular complexity index is 836. The number of anilines is 2. The highest BCUT2D eigenvalue weighted by Gasteiger charge is 2.13. The van der Waals surface area contributed by atoms with Crippen molar-refractivity contribution >= 4 is 32.9 Å². The zero-order valence-corrected chi connectivity index (χ0v) is 11.5. The monoisotopic (exact) mass is 278 g/mol. The molecule has 3 rings (SSSR count). The van der Waals surface area contributed by atoms with Crippen molar-refractivity contribution in [3.05, 3.63) is 48.3 Å². The molecule has 0 fully saturated rings. The molecule has 0 aliphatic carbocycles. The second kappa shape index (κ2) is 4.87. The molecular weight excluding hydrogens is 266 g/mol. The molecule has 0 amide bonds. The van der Waals surface area contributed by atoms with Gasteiger partial charge in [0.25, 0.3) is 0 Å². The smallest absolute Gasteiger partial charge is 0.132 e. The van der Waals surface area contributed by atoms with Crippen molar-refractivity contribution in [1.29, 1.82) is 0 Å². The molecule has 0 aliphatic rings. The Labute approximate surface area is 121 Å². The van der Waals surface area contributed by atoms with Gasteiger partial charge in [0.2, 0.25) is 0 Å². The number of aromatic nitrogens is 1. The largest absolute Gasteiger partial charge is 0.399 e. The Balaban J connectivity index is 2.29. The highest BCUT2D eigenvalue weighted by Crippen LogP contribution is 2.38. The molecule has 1 aromatic carbocycles. The van der Waals surface area contributed by atoms with E-state index in [2.05, 4.69) is 29.1 Å². The number of nitrogens with two attached hydrogens (primary N) is 2. The van der Waals surface area contributed by atoms with E-state index in [4.69, 9.17) is 11.5 Å². The number of hydrogen-bond donors (Lipinski definition) is 2. The number of hydrogen-bond acceptors (Lipinski definition) is 4. The second-order valence-corrected chi connectivity index (χ2v) is 5.21. The standard InChI is InChI=1S/C16H12N3S/c1-2-3-11-8-19-16(18)14-13(9-20-15(11)14)10-4-6-12(17)7-5-10/h4-9H,1,17H2,(H2,18,19). The van der Waals surface area contributed by atoms with Crippen molar-refractivity contribution in [3.8, 4) is 23.0 Å². The molecule has 4 N–H and O–H groups in total. The van der Waals surface area contributed by atoms with Gasteiger partial charge in [-0.2, -0.15) is 0 Å². The predicted molar refractivity (Wildman–Crippen MR) is 86.1 cm³/mol. The predicted octanol–water partition coefficient (Wildman–Crippen LogP) is 3.31. The zero-order valence-electron chi connectivity index (χ0n) is 10.7. The normalized spacial score (nSPS) is 10.2. The van der Waals surface area contributed by atoms with Gasteiger partial charge in [-0.1, -0.05) is 24.0 Å². The average molecular weight is 278 g/mol. The van der Waals surface area contributed by atoms with Crippen LogP contribution in [0.4, 0.5) is 11.5 Å². The third-order valence-electron chi connectivity index (χ3n) is 3.07. The van der Waals surface area contributed by atoms with Crippen LogP contribution in [-0.2, 0) is 0 Å². The van der Waals surface area contributed by atoms with Gasteiger partial charge >= 0.3 is 0 Å². The Morgan fingerprint density at radius 3 is 2.60 bits per heavy atom. The highest BCUT2D eigenvalue weighted by atomic mass is 32.1. The minimum Gasteiger partial charge on any atom is -0.399 e. The van der Waals surface area contributed by atoms with Crippen LogP contribution >= 0.6 is 11.3 Å². The number of nitrogens with zero attached hydrogens (tertiary/aromatic N) is 1. The summed E-state index contributed by atoms with van der Waals surface area (Å²) in [7, 11) is 0. The summed E-state index contributed by atoms with van der Waals surface area (Å²) in [4.78, 5) is 4.23. The first-order valence-corrected chi connectivity index (χ1v) is 6.88. The molecule has 0 saturated heterocycles. The van der Waals surface area contributed by atoms with Gasteiger partial charge in [0.05, 0.1) is 10.3 Å². The molecule has 97 valence electrons. The van der Waals surface area contributed by atoms with Gasteiger partial charge < -0.3 is 11.5 Å². The van der Waals surface area contributed by atoms with E-state index in [1.807, 2.05) is 24.3 Å². The second-order valence-electron chi connectivity index (χ2n) is 4.33. The van der Waals surface area contributed by atoms with Crippen LogP contribution < -0.4 is 11.5 Å². The lowest BCUT2D eigenvalue weighted by Gasteiger charge is -2.03. The molecule has 0 saturated carbocycles. The maximum atomic E-state index is 6.04. The summed E-state index contributed by atoms with van der Waals surface area (Å²) in [6.45, 7) is 3.56. The maximum absolute atomic E-state index is 6.04. The van der Waals surface area contributed by atoms with E-state index in [9.17, 15) is 0 Å². The van der Waals surface area contributed by atoms with E-state index in [0.717, 1.165) is 32.5 Å². The number of pyridine rings is 1. The van der Waals surface area contributed by atoms with Gasteiger partial charge in [0, 0.05) is 29.8 Å². The zero-order chi connectivity index (χ0) is 14.1. The quantitative estimate of drug-likeness (QED) is 0.530. The van der Waals surface area contributed by atoms with E-state index in [-0.39, 0.29) is 0 Å². The fourth-order valence-electron chi connectivity index (χ4n) is 2.13. The van der Waals surface area contributed by atoms with Crippen LogP contribution in [0.1, 0.15) is 5.56 Å². The topological polar surface area (TPSA) is 64.9 Å². The maximum Gasteiger partial charge on any atom is 0.132 e. The van der Waals surface area contributed by atoms with Gasteiger partial charge in [-0.25, -0.2) is 4.98 Å². The van der Waals surface area contributed by atoms with E-state index >= 15 is 0 Å². The molecule has 3 aromatic rings. The third kappa shape index (κ3) is 1.98. The minimum atomic E-state index is 0.516. The Morgan fingerprint density at radius 1 is 1.15 bits per heavy atom. The summed E-state index contributed by atoms with van der Waals surface area (Å²) in [6.07, 6.45) is 1.69. The van der Waals surface area contributed by atoms with E-state index in [1.54, 1.807) is 17.5 Å². The van der Waals surface area contributed by atoms with E-state index in [0.29, 0.717) is 5.82 Å². The average Bonchev–Trinajstić information content (AvgIpc) is 2.89. The van der Waals surface area contributed by atoms with Gasteiger partial charge in [0.15, 0.2) is 0 Å². The summed E-state index contributed by atoms with van der Waals surface area (Å²) in [6, 6.07) is 7.72. The van der Waals surface area contributed by atoms with Crippen LogP contribution in [0.2, 0.25) is 0 Å². The minimum absolute atomic E-state index is 0.516. The lowest BCUT2D eigenvalue weighted by Crippen LogP contribution is -1.92. The number of benzene rings is 1. The molecule has 0 aliphatic heterocycles. The third-order valence-corrected chi connectivity index (χ3v) is 4.08. The van der Waals surface area contributed by atoms with Crippen LogP contribution in [0.3, 0.4) is 0 Å². The molecule has 0 unspecified atom stereocenters. The first-order valence-electron chi connectivity index (χ1n) is 6.00. The fourth-order valence-corrected chi connectivity index (χ4v) is 3.18. The summed E-state index contributed by atoms with van der Waals surface area (Å²) in [5.41, 5.74) is 15.5. The van der Waals surface area contributed by atoms with Crippen molar-refractivity contribution in [2.24, 2.45) is 0 Å². The molecule has 2 heterocycles. The first kappa shape index (κ1) is 12.5. The van der Waals surface area contributed by atoms with Crippen molar-refractivity contribution in [3.63, 3.8) is 0 Å². The molecule has 0 spiro atoms. The fraction of sp³-hybridized carbons (Fsp3) is 0. The van der Waals surface area contributed by atoms with Crippen molar-refractivity contribution < 1.29 is 0 Å². The molecule has 3 nitrogen and oxygen atoms in total. The number of rotatable bonds is 1. The Kier molecular flexibility index (Phi) is 3.05. The summed E-state index contributed by atoms with van der Waals surface area (Å²) in [5, 5.41) is 3.02. The SMILES string of the molecule is [CH2]C#Cc1cnc(N)c2c(-c3ccc(N)cc3)csc12.